The number of ether oxygens (including phenoxy) is 1. The fraction of sp³-hybridized carbons (Fsp3) is 0.312. The van der Waals surface area contributed by atoms with Crippen LogP contribution >= 0.6 is 68.7 Å². The number of hydrogen-bond acceptors (Lipinski definition) is 11. The number of nitrogens with two attached hydrogens (primary N) is 1. The second kappa shape index (κ2) is 19.3. The average Bonchev–Trinajstić information content (AvgIpc) is 3.40. The Labute approximate surface area is 331 Å². The van der Waals surface area contributed by atoms with E-state index in [1.54, 1.807) is 54.5 Å². The molecular weight excluding hydrogens is 960 g/mol. The average molecular weight is 993 g/mol. The number of halogens is 8. The molecule has 0 spiro atoms. The van der Waals surface area contributed by atoms with E-state index in [0.29, 0.717) is 29.5 Å². The molecule has 280 valence electrons. The third kappa shape index (κ3) is 11.7. The Bertz CT molecular complexity index is 2000. The molecule has 3 N–H and O–H groups in total. The van der Waals surface area contributed by atoms with Crippen LogP contribution in [0.25, 0.3) is 22.7 Å². The summed E-state index contributed by atoms with van der Waals surface area (Å²) in [7, 11) is 3.26. The van der Waals surface area contributed by atoms with E-state index in [0.717, 1.165) is 53.0 Å². The molecule has 5 aromatic heterocycles. The first-order chi connectivity index (χ1) is 24.4. The molecule has 0 aliphatic rings. The van der Waals surface area contributed by atoms with E-state index in [1.165, 1.54) is 7.05 Å². The van der Waals surface area contributed by atoms with Gasteiger partial charge in [0.2, 0.25) is 0 Å². The normalized spacial score (nSPS) is 11.3. The molecule has 52 heavy (non-hydrogen) atoms. The van der Waals surface area contributed by atoms with E-state index in [9.17, 15) is 31.1 Å². The van der Waals surface area contributed by atoms with Crippen LogP contribution in [0.5, 0.6) is 0 Å². The Kier molecular flexibility index (Phi) is 16.0. The molecule has 0 aromatic carbocycles. The van der Waals surface area contributed by atoms with E-state index in [4.69, 9.17) is 10.5 Å². The number of carbonyl (C=O) groups is 1. The molecule has 0 amide bonds. The number of nitrogens with zero attached hydrogens (tertiary/aromatic N) is 6. The number of alkyl halides is 6. The minimum atomic E-state index is -4.44. The van der Waals surface area contributed by atoms with E-state index < -0.39 is 23.5 Å². The quantitative estimate of drug-likeness (QED) is 0.0667. The number of esters is 1. The first-order valence-corrected chi connectivity index (χ1v) is 19.2. The highest BCUT2D eigenvalue weighted by Gasteiger charge is 2.32. The number of hydrogen-bond donors (Lipinski definition) is 2. The summed E-state index contributed by atoms with van der Waals surface area (Å²) >= 11 is 7.57. The Morgan fingerprint density at radius 3 is 1.96 bits per heavy atom. The van der Waals surface area contributed by atoms with Crippen molar-refractivity contribution in [1.82, 2.24) is 29.5 Å². The molecule has 0 radical (unpaired) electrons. The first kappa shape index (κ1) is 43.3. The van der Waals surface area contributed by atoms with Gasteiger partial charge in [-0.25, -0.2) is 24.7 Å². The summed E-state index contributed by atoms with van der Waals surface area (Å²) in [6.07, 6.45) is -3.88. The number of carbonyl (C=O) groups excluding carboxylic acids is 1. The highest BCUT2D eigenvalue weighted by atomic mass is 127. The van der Waals surface area contributed by atoms with Gasteiger partial charge in [-0.3, -0.25) is 4.98 Å². The van der Waals surface area contributed by atoms with Gasteiger partial charge in [0.05, 0.1) is 23.4 Å². The topological polar surface area (TPSA) is 134 Å². The fourth-order valence-corrected chi connectivity index (χ4v) is 7.10. The zero-order chi connectivity index (χ0) is 38.8. The van der Waals surface area contributed by atoms with Gasteiger partial charge in [-0.1, -0.05) is 13.8 Å². The van der Waals surface area contributed by atoms with Crippen molar-refractivity contribution in [3.63, 3.8) is 0 Å². The summed E-state index contributed by atoms with van der Waals surface area (Å²) in [5.41, 5.74) is 5.30. The SMILES string of the molecule is CCOC(=O)c1ncc(I)cc1SCC.CCSc1cc(I)cnc1-c1nc2cc(C(F)(F)F)cnc2n1C.CNc1ncc(C(F)(F)F)cc1N. The molecule has 0 aliphatic heterocycles. The Morgan fingerprint density at radius 1 is 0.846 bits per heavy atom. The third-order valence-corrected chi connectivity index (χ3v) is 9.44. The van der Waals surface area contributed by atoms with Gasteiger partial charge in [-0.05, 0) is 87.9 Å². The number of imidazole rings is 1. The van der Waals surface area contributed by atoms with Crippen molar-refractivity contribution < 1.29 is 35.9 Å². The van der Waals surface area contributed by atoms with E-state index in [-0.39, 0.29) is 23.0 Å². The van der Waals surface area contributed by atoms with Gasteiger partial charge in [-0.2, -0.15) is 26.3 Å². The molecule has 0 saturated heterocycles. The lowest BCUT2D eigenvalue weighted by Gasteiger charge is -2.08. The monoisotopic (exact) mass is 992 g/mol. The predicted octanol–water partition coefficient (Wildman–Crippen LogP) is 9.46. The lowest BCUT2D eigenvalue weighted by molar-refractivity contribution is -0.138. The van der Waals surface area contributed by atoms with Crippen molar-refractivity contribution in [2.24, 2.45) is 7.05 Å². The van der Waals surface area contributed by atoms with E-state index in [1.807, 2.05) is 26.0 Å². The van der Waals surface area contributed by atoms with Gasteiger partial charge in [-0.15, -0.1) is 23.5 Å². The molecule has 0 atom stereocenters. The number of aryl methyl sites for hydroxylation is 1. The molecule has 20 heteroatoms. The maximum absolute atomic E-state index is 12.9. The molecule has 0 fully saturated rings. The van der Waals surface area contributed by atoms with Crippen LogP contribution in [-0.2, 0) is 24.1 Å². The number of pyridine rings is 4. The molecule has 5 heterocycles. The molecule has 0 aliphatic carbocycles. The summed E-state index contributed by atoms with van der Waals surface area (Å²) in [6, 6.07) is 5.81. The third-order valence-electron chi connectivity index (χ3n) is 6.44. The number of anilines is 2. The second-order valence-corrected chi connectivity index (χ2v) is 15.2. The number of aromatic nitrogens is 6. The van der Waals surface area contributed by atoms with Crippen molar-refractivity contribution in [3.05, 3.63) is 73.0 Å². The van der Waals surface area contributed by atoms with Crippen molar-refractivity contribution in [2.75, 3.05) is 36.2 Å². The molecule has 0 bridgehead atoms. The number of rotatable bonds is 8. The van der Waals surface area contributed by atoms with Gasteiger partial charge in [0, 0.05) is 55.8 Å². The summed E-state index contributed by atoms with van der Waals surface area (Å²) in [6.45, 7) is 6.24. The zero-order valence-electron chi connectivity index (χ0n) is 28.2. The number of nitrogen functional groups attached to an aromatic ring is 1. The summed E-state index contributed by atoms with van der Waals surface area (Å²) in [4.78, 5) is 33.7. The van der Waals surface area contributed by atoms with Gasteiger partial charge in [0.1, 0.15) is 17.0 Å². The number of thioether (sulfide) groups is 2. The van der Waals surface area contributed by atoms with Gasteiger partial charge < -0.3 is 20.4 Å². The maximum Gasteiger partial charge on any atom is 0.417 e. The van der Waals surface area contributed by atoms with Crippen LogP contribution in [-0.4, -0.2) is 60.6 Å². The second-order valence-electron chi connectivity index (χ2n) is 10.1. The minimum Gasteiger partial charge on any atom is -0.461 e. The largest absolute Gasteiger partial charge is 0.461 e. The van der Waals surface area contributed by atoms with Crippen LogP contribution in [0, 0.1) is 7.14 Å². The van der Waals surface area contributed by atoms with Crippen LogP contribution in [0.2, 0.25) is 0 Å². The molecule has 10 nitrogen and oxygen atoms in total. The van der Waals surface area contributed by atoms with Crippen molar-refractivity contribution >= 4 is 97.3 Å². The van der Waals surface area contributed by atoms with Gasteiger partial charge in [0.25, 0.3) is 0 Å². The molecule has 0 saturated carbocycles. The van der Waals surface area contributed by atoms with Gasteiger partial charge >= 0.3 is 18.3 Å². The molecule has 5 aromatic rings. The van der Waals surface area contributed by atoms with Crippen LogP contribution in [0.15, 0.2) is 58.8 Å². The Hall–Kier alpha value is -3.12. The standard InChI is InChI=1S/C15H12F3IN4S.C10H12INO2S.C7H8F3N3/c1-3-24-11-5-9(19)7-20-12(11)14-22-10-4-8(15(16,17)18)6-21-13(10)23(14)2;1-3-14-10(13)9-8(15-4-2)5-7(11)6-12-9;1-12-6-5(11)2-4(3-13-6)7(8,9)10/h4-7H,3H2,1-2H3;5-6H,3-4H2,1-2H3;2-3H,11H2,1H3,(H,12,13). The van der Waals surface area contributed by atoms with Gasteiger partial charge in [0.15, 0.2) is 17.2 Å². The molecule has 0 unspecified atom stereocenters. The van der Waals surface area contributed by atoms with Crippen molar-refractivity contribution in [2.45, 2.75) is 42.9 Å². The van der Waals surface area contributed by atoms with E-state index in [2.05, 4.69) is 75.4 Å². The lowest BCUT2D eigenvalue weighted by atomic mass is 10.2. The lowest BCUT2D eigenvalue weighted by Crippen LogP contribution is -2.08. The highest BCUT2D eigenvalue weighted by molar-refractivity contribution is 14.1. The van der Waals surface area contributed by atoms with Crippen LogP contribution in [0.3, 0.4) is 0 Å². The molecule has 5 rings (SSSR count). The predicted molar refractivity (Wildman–Crippen MR) is 208 cm³/mol. The maximum atomic E-state index is 12.9. The first-order valence-electron chi connectivity index (χ1n) is 15.1. The zero-order valence-corrected chi connectivity index (χ0v) is 34.1. The number of nitrogens with one attached hydrogen (secondary N) is 1. The van der Waals surface area contributed by atoms with Crippen LogP contribution < -0.4 is 11.1 Å². The van der Waals surface area contributed by atoms with Crippen LogP contribution in [0.1, 0.15) is 42.4 Å². The van der Waals surface area contributed by atoms with Crippen molar-refractivity contribution in [1.29, 1.82) is 0 Å². The van der Waals surface area contributed by atoms with Crippen molar-refractivity contribution in [3.8, 4) is 11.5 Å². The Morgan fingerprint density at radius 2 is 1.40 bits per heavy atom. The fourth-order valence-electron chi connectivity index (χ4n) is 4.18. The summed E-state index contributed by atoms with van der Waals surface area (Å²) in [5.74, 6) is 2.17. The number of fused-ring (bicyclic) bond motifs is 1. The summed E-state index contributed by atoms with van der Waals surface area (Å²) in [5, 5.41) is 2.57. The Balaban J connectivity index is 0.000000225. The smallest absolute Gasteiger partial charge is 0.417 e. The minimum absolute atomic E-state index is 0.0164. The van der Waals surface area contributed by atoms with Crippen LogP contribution in [0.4, 0.5) is 37.8 Å². The molecular formula is C32H32F6I2N8O2S2. The summed E-state index contributed by atoms with van der Waals surface area (Å²) < 4.78 is 83.5. The highest BCUT2D eigenvalue weighted by Crippen LogP contribution is 2.34. The van der Waals surface area contributed by atoms with E-state index >= 15 is 0 Å².